The van der Waals surface area contributed by atoms with E-state index in [1.165, 1.54) is 11.6 Å². The van der Waals surface area contributed by atoms with Crippen LogP contribution in [0.1, 0.15) is 31.9 Å². The number of ether oxygens (including phenoxy) is 1. The zero-order valence-electron chi connectivity index (χ0n) is 20.4. The second kappa shape index (κ2) is 10.7. The summed E-state index contributed by atoms with van der Waals surface area (Å²) >= 11 is 0. The van der Waals surface area contributed by atoms with Crippen LogP contribution in [-0.4, -0.2) is 50.0 Å². The topological polar surface area (TPSA) is 64.8 Å². The van der Waals surface area contributed by atoms with Gasteiger partial charge in [-0.1, -0.05) is 69.3 Å². The number of nitro benzene ring substituents is 1. The van der Waals surface area contributed by atoms with Crippen molar-refractivity contribution in [1.82, 2.24) is 4.90 Å². The summed E-state index contributed by atoms with van der Waals surface area (Å²) in [5.41, 5.74) is 1.94. The van der Waals surface area contributed by atoms with Crippen LogP contribution in [0.2, 0.25) is 18.1 Å². The summed E-state index contributed by atoms with van der Waals surface area (Å²) in [7, 11) is -1.89. The third-order valence-corrected chi connectivity index (χ3v) is 11.1. The number of nitrogens with zero attached hydrogens (tertiary/aromatic N) is 2. The number of morpholine rings is 1. The van der Waals surface area contributed by atoms with Crippen molar-refractivity contribution in [2.45, 2.75) is 57.7 Å². The first-order valence-corrected chi connectivity index (χ1v) is 14.4. The highest BCUT2D eigenvalue weighted by Gasteiger charge is 2.38. The Hall–Kier alpha value is -2.32. The smallest absolute Gasteiger partial charge is 0.276 e. The average Bonchev–Trinajstić information content (AvgIpc) is 2.76. The minimum absolute atomic E-state index is 0.0583. The lowest BCUT2D eigenvalue weighted by atomic mass is 10.1. The van der Waals surface area contributed by atoms with E-state index in [4.69, 9.17) is 9.16 Å². The van der Waals surface area contributed by atoms with Crippen molar-refractivity contribution in [3.05, 3.63) is 81.9 Å². The Kier molecular flexibility index (Phi) is 8.23. The number of nitro groups is 1. The van der Waals surface area contributed by atoms with Gasteiger partial charge in [0.1, 0.15) is 0 Å². The Labute approximate surface area is 198 Å². The normalized spacial score (nSPS) is 20.3. The van der Waals surface area contributed by atoms with Gasteiger partial charge in [0.05, 0.1) is 29.3 Å². The van der Waals surface area contributed by atoms with E-state index < -0.39 is 8.32 Å². The molecule has 0 amide bonds. The minimum atomic E-state index is -1.89. The van der Waals surface area contributed by atoms with E-state index in [1.54, 1.807) is 18.2 Å². The van der Waals surface area contributed by atoms with Gasteiger partial charge in [-0.15, -0.1) is 0 Å². The van der Waals surface area contributed by atoms with Crippen LogP contribution in [0, 0.1) is 10.1 Å². The molecule has 0 radical (unpaired) electrons. The number of rotatable bonds is 8. The van der Waals surface area contributed by atoms with Crippen LogP contribution in [-0.2, 0) is 15.7 Å². The van der Waals surface area contributed by atoms with E-state index >= 15 is 0 Å². The van der Waals surface area contributed by atoms with E-state index in [0.29, 0.717) is 12.2 Å². The van der Waals surface area contributed by atoms with Gasteiger partial charge in [0, 0.05) is 25.7 Å². The van der Waals surface area contributed by atoms with Crippen molar-refractivity contribution in [2.24, 2.45) is 0 Å². The monoisotopic (exact) mass is 468 g/mol. The van der Waals surface area contributed by atoms with Gasteiger partial charge < -0.3 is 9.16 Å². The average molecular weight is 469 g/mol. The van der Waals surface area contributed by atoms with Crippen LogP contribution in [0.4, 0.5) is 5.69 Å². The number of hydrogen-bond acceptors (Lipinski definition) is 5. The molecule has 7 heteroatoms. The molecular weight excluding hydrogens is 432 g/mol. The molecular formula is C26H36N2O4Si. The summed E-state index contributed by atoms with van der Waals surface area (Å²) in [6.45, 7) is 14.1. The maximum absolute atomic E-state index is 11.4. The lowest BCUT2D eigenvalue weighted by Crippen LogP contribution is -2.50. The molecule has 0 bridgehead atoms. The van der Waals surface area contributed by atoms with Gasteiger partial charge in [0.2, 0.25) is 0 Å². The van der Waals surface area contributed by atoms with Crippen molar-refractivity contribution in [2.75, 3.05) is 19.7 Å². The molecule has 0 saturated carbocycles. The third kappa shape index (κ3) is 7.08. The quantitative estimate of drug-likeness (QED) is 0.274. The summed E-state index contributed by atoms with van der Waals surface area (Å²) < 4.78 is 12.9. The van der Waals surface area contributed by atoms with Crippen molar-refractivity contribution in [3.63, 3.8) is 0 Å². The molecule has 2 atom stereocenters. The van der Waals surface area contributed by atoms with Gasteiger partial charge in [0.15, 0.2) is 8.32 Å². The molecule has 2 aromatic carbocycles. The van der Waals surface area contributed by atoms with Crippen LogP contribution in [0.3, 0.4) is 0 Å². The van der Waals surface area contributed by atoms with Crippen molar-refractivity contribution in [3.8, 4) is 0 Å². The second-order valence-electron chi connectivity index (χ2n) is 10.2. The van der Waals surface area contributed by atoms with Crippen LogP contribution in [0.25, 0.3) is 6.08 Å². The second-order valence-corrected chi connectivity index (χ2v) is 15.0. The fraction of sp³-hybridized carbons (Fsp3) is 0.462. The van der Waals surface area contributed by atoms with Crippen molar-refractivity contribution in [1.29, 1.82) is 0 Å². The number of para-hydroxylation sites is 1. The summed E-state index contributed by atoms with van der Waals surface area (Å²) in [5, 5.41) is 11.5. The van der Waals surface area contributed by atoms with E-state index in [2.05, 4.69) is 63.0 Å². The summed E-state index contributed by atoms with van der Waals surface area (Å²) in [4.78, 5) is 13.4. The highest BCUT2D eigenvalue weighted by Crippen LogP contribution is 2.36. The van der Waals surface area contributed by atoms with Gasteiger partial charge in [-0.25, -0.2) is 0 Å². The van der Waals surface area contributed by atoms with Gasteiger partial charge in [-0.3, -0.25) is 15.0 Å². The minimum Gasteiger partial charge on any atom is -0.414 e. The van der Waals surface area contributed by atoms with Gasteiger partial charge in [-0.05, 0) is 35.8 Å². The fourth-order valence-electron chi connectivity index (χ4n) is 3.64. The molecule has 0 unspecified atom stereocenters. The highest BCUT2D eigenvalue weighted by molar-refractivity contribution is 6.74. The summed E-state index contributed by atoms with van der Waals surface area (Å²) in [6, 6.07) is 17.2. The predicted molar refractivity (Wildman–Crippen MR) is 136 cm³/mol. The zero-order chi connectivity index (χ0) is 24.1. The molecule has 1 saturated heterocycles. The molecule has 0 spiro atoms. The Balaban J connectivity index is 1.75. The van der Waals surface area contributed by atoms with Gasteiger partial charge in [0.25, 0.3) is 5.69 Å². The Morgan fingerprint density at radius 3 is 2.45 bits per heavy atom. The van der Waals surface area contributed by atoms with Crippen LogP contribution in [0.5, 0.6) is 0 Å². The fourth-order valence-corrected chi connectivity index (χ4v) is 4.68. The first-order chi connectivity index (χ1) is 15.5. The summed E-state index contributed by atoms with van der Waals surface area (Å²) in [6.07, 6.45) is 3.52. The molecule has 1 heterocycles. The Morgan fingerprint density at radius 1 is 1.12 bits per heavy atom. The maximum atomic E-state index is 11.4. The SMILES string of the molecule is CC(C)(C)[Si](C)(C)OC[C@@H]1CN(Cc2ccccc2)C[C@@H](C=Cc2ccccc2[N+](=O)[O-])O1. The van der Waals surface area contributed by atoms with E-state index in [0.717, 1.165) is 19.6 Å². The molecule has 2 aromatic rings. The lowest BCUT2D eigenvalue weighted by Gasteiger charge is -2.41. The molecule has 6 nitrogen and oxygen atoms in total. The molecule has 33 heavy (non-hydrogen) atoms. The van der Waals surface area contributed by atoms with Gasteiger partial charge in [-0.2, -0.15) is 0 Å². The molecule has 1 fully saturated rings. The van der Waals surface area contributed by atoms with Crippen LogP contribution < -0.4 is 0 Å². The number of benzene rings is 2. The first kappa shape index (κ1) is 25.3. The highest BCUT2D eigenvalue weighted by atomic mass is 28.4. The summed E-state index contributed by atoms with van der Waals surface area (Å²) in [5.74, 6) is 0. The Bertz CT molecular complexity index is 956. The maximum Gasteiger partial charge on any atom is 0.276 e. The largest absolute Gasteiger partial charge is 0.414 e. The predicted octanol–water partition coefficient (Wildman–Crippen LogP) is 5.90. The number of hydrogen-bond donors (Lipinski definition) is 0. The third-order valence-electron chi connectivity index (χ3n) is 6.58. The van der Waals surface area contributed by atoms with Crippen LogP contribution in [0.15, 0.2) is 60.7 Å². The molecule has 1 aliphatic heterocycles. The van der Waals surface area contributed by atoms with Gasteiger partial charge >= 0.3 is 0 Å². The molecule has 178 valence electrons. The Morgan fingerprint density at radius 2 is 1.79 bits per heavy atom. The van der Waals surface area contributed by atoms with E-state index in [-0.39, 0.29) is 27.9 Å². The van der Waals surface area contributed by atoms with Crippen LogP contribution >= 0.6 is 0 Å². The molecule has 0 aliphatic carbocycles. The first-order valence-electron chi connectivity index (χ1n) is 11.5. The molecule has 0 aromatic heterocycles. The lowest BCUT2D eigenvalue weighted by molar-refractivity contribution is -0.385. The van der Waals surface area contributed by atoms with E-state index in [9.17, 15) is 10.1 Å². The van der Waals surface area contributed by atoms with E-state index in [1.807, 2.05) is 18.2 Å². The van der Waals surface area contributed by atoms with Crippen molar-refractivity contribution < 1.29 is 14.1 Å². The molecule has 1 aliphatic rings. The molecule has 0 N–H and O–H groups in total. The van der Waals surface area contributed by atoms with Crippen molar-refractivity contribution >= 4 is 20.1 Å². The zero-order valence-corrected chi connectivity index (χ0v) is 21.4. The molecule has 3 rings (SSSR count). The standard InChI is InChI=1S/C26H36N2O4Si/c1-26(2,3)33(4,5)31-20-24-19-27(17-21-11-7-6-8-12-21)18-23(32-24)16-15-22-13-9-10-14-25(22)28(29)30/h6-16,23-24H,17-20H2,1-5H3/t23-,24+/m1/s1.